The predicted molar refractivity (Wildman–Crippen MR) is 228 cm³/mol. The van der Waals surface area contributed by atoms with Gasteiger partial charge in [-0.15, -0.1) is 0 Å². The maximum absolute atomic E-state index is 12.4. The molecule has 55 heavy (non-hydrogen) atoms. The summed E-state index contributed by atoms with van der Waals surface area (Å²) in [5, 5.41) is 0. The minimum Gasteiger partial charge on any atom is -0.466 e. The molecule has 0 aliphatic carbocycles. The molecular weight excluding hydrogens is 687 g/mol. The summed E-state index contributed by atoms with van der Waals surface area (Å²) in [6.45, 7) is 17.6. The number of unbranched alkanes of at least 4 members (excludes halogenated alkanes) is 12. The summed E-state index contributed by atoms with van der Waals surface area (Å²) < 4.78 is 23.6. The first kappa shape index (κ1) is 50.9. The number of esters is 2. The lowest BCUT2D eigenvalue weighted by molar-refractivity contribution is -0.164. The average Bonchev–Trinajstić information content (AvgIpc) is 3.69. The molecule has 0 aromatic heterocycles. The van der Waals surface area contributed by atoms with Crippen LogP contribution in [0.4, 0.5) is 0 Å². The highest BCUT2D eigenvalue weighted by Crippen LogP contribution is 2.20. The molecule has 1 saturated heterocycles. The van der Waals surface area contributed by atoms with Crippen LogP contribution in [0.1, 0.15) is 201 Å². The Bertz CT molecular complexity index is 1040. The normalized spacial score (nSPS) is 15.1. The summed E-state index contributed by atoms with van der Waals surface area (Å²) in [4.78, 5) is 27.1. The molecule has 7 nitrogen and oxygen atoms in total. The first-order chi connectivity index (χ1) is 26.9. The lowest BCUT2D eigenvalue weighted by Crippen LogP contribution is -2.25. The summed E-state index contributed by atoms with van der Waals surface area (Å²) in [7, 11) is 0. The standard InChI is InChI=1S/C48H85NO6/c1-6-9-18-28-43(4)35-41-53-47(50)33-23-16-12-14-21-31-46(55-44(5)52-40-27-39-49-37-25-26-38-49)32-22-15-13-17-24-34-48(51)54-42-36-45(29-19-10-7-2)30-20-11-8-3/h29,43-46H,2,6,8-9,11-18,20-28,30-42H2,1,3-5H3. The second-order valence-corrected chi connectivity index (χ2v) is 16.2. The van der Waals surface area contributed by atoms with Crippen LogP contribution >= 0.6 is 0 Å². The van der Waals surface area contributed by atoms with Crippen LogP contribution in [-0.2, 0) is 28.5 Å². The molecule has 4 atom stereocenters. The monoisotopic (exact) mass is 772 g/mol. The molecule has 0 aromatic carbocycles. The van der Waals surface area contributed by atoms with Crippen molar-refractivity contribution in [1.29, 1.82) is 0 Å². The van der Waals surface area contributed by atoms with E-state index in [2.05, 4.69) is 56.4 Å². The summed E-state index contributed by atoms with van der Waals surface area (Å²) >= 11 is 0. The molecule has 0 radical (unpaired) electrons. The van der Waals surface area contributed by atoms with Crippen LogP contribution in [0.5, 0.6) is 0 Å². The van der Waals surface area contributed by atoms with Gasteiger partial charge < -0.3 is 23.8 Å². The fourth-order valence-electron chi connectivity index (χ4n) is 7.39. The molecule has 1 aliphatic rings. The highest BCUT2D eigenvalue weighted by atomic mass is 16.7. The molecule has 7 heteroatoms. The quantitative estimate of drug-likeness (QED) is 0.0268. The van der Waals surface area contributed by atoms with E-state index in [9.17, 15) is 9.59 Å². The SMILES string of the molecule is C=C=C=C=CC(CCCCC)CCOC(=O)CCCCCCCC(CCCCCCCC(=O)OCCC(C)CCCCC)OC(C)OCCCN1CCCC1. The molecule has 318 valence electrons. The highest BCUT2D eigenvalue weighted by Gasteiger charge is 2.16. The smallest absolute Gasteiger partial charge is 0.305 e. The summed E-state index contributed by atoms with van der Waals surface area (Å²) in [5.41, 5.74) is 8.40. The van der Waals surface area contributed by atoms with Gasteiger partial charge in [0.1, 0.15) is 0 Å². The van der Waals surface area contributed by atoms with Crippen LogP contribution < -0.4 is 0 Å². The largest absolute Gasteiger partial charge is 0.466 e. The molecule has 4 unspecified atom stereocenters. The van der Waals surface area contributed by atoms with E-state index < -0.39 is 0 Å². The van der Waals surface area contributed by atoms with Crippen LogP contribution in [-0.4, -0.2) is 68.7 Å². The molecule has 0 bridgehead atoms. The lowest BCUT2D eigenvalue weighted by Gasteiger charge is -2.23. The van der Waals surface area contributed by atoms with E-state index in [1.54, 1.807) is 0 Å². The third-order valence-corrected chi connectivity index (χ3v) is 11.0. The van der Waals surface area contributed by atoms with Gasteiger partial charge in [-0.25, -0.2) is 0 Å². The Hall–Kier alpha value is -2.10. The molecule has 1 fully saturated rings. The molecule has 0 spiro atoms. The van der Waals surface area contributed by atoms with Crippen LogP contribution in [0.25, 0.3) is 0 Å². The minimum atomic E-state index is -0.192. The first-order valence-corrected chi connectivity index (χ1v) is 23.0. The van der Waals surface area contributed by atoms with Gasteiger partial charge in [-0.3, -0.25) is 9.59 Å². The van der Waals surface area contributed by atoms with Gasteiger partial charge in [-0.2, -0.15) is 0 Å². The Morgan fingerprint density at radius 1 is 0.655 bits per heavy atom. The van der Waals surface area contributed by atoms with Crippen molar-refractivity contribution in [3.63, 3.8) is 0 Å². The van der Waals surface area contributed by atoms with Crippen molar-refractivity contribution in [2.45, 2.75) is 213 Å². The molecule has 1 aliphatic heterocycles. The number of carbonyl (C=O) groups excluding carboxylic acids is 2. The van der Waals surface area contributed by atoms with E-state index in [4.69, 9.17) is 18.9 Å². The Labute approximate surface area is 339 Å². The van der Waals surface area contributed by atoms with Gasteiger partial charge in [-0.05, 0) is 114 Å². The summed E-state index contributed by atoms with van der Waals surface area (Å²) in [6, 6.07) is 0. The summed E-state index contributed by atoms with van der Waals surface area (Å²) in [5.74, 6) is 0.850. The van der Waals surface area contributed by atoms with Gasteiger partial charge in [0.15, 0.2) is 6.29 Å². The number of likely N-dealkylation sites (tertiary alicyclic amines) is 1. The van der Waals surface area contributed by atoms with Crippen LogP contribution in [0, 0.1) is 11.8 Å². The van der Waals surface area contributed by atoms with Crippen molar-refractivity contribution in [3.05, 3.63) is 29.8 Å². The average molecular weight is 772 g/mol. The number of allylic oxidation sites excluding steroid dienone is 1. The molecule has 1 heterocycles. The molecular formula is C48H85NO6. The zero-order valence-electron chi connectivity index (χ0n) is 36.3. The zero-order chi connectivity index (χ0) is 40.0. The molecule has 0 saturated carbocycles. The highest BCUT2D eigenvalue weighted by molar-refractivity contribution is 5.69. The number of nitrogens with zero attached hydrogens (tertiary/aromatic N) is 1. The fourth-order valence-corrected chi connectivity index (χ4v) is 7.39. The Morgan fingerprint density at radius 3 is 1.80 bits per heavy atom. The van der Waals surface area contributed by atoms with E-state index in [0.717, 1.165) is 116 Å². The molecule has 1 rings (SSSR count). The van der Waals surface area contributed by atoms with Crippen molar-refractivity contribution in [3.8, 4) is 0 Å². The van der Waals surface area contributed by atoms with E-state index in [0.29, 0.717) is 37.9 Å². The van der Waals surface area contributed by atoms with Crippen molar-refractivity contribution in [2.24, 2.45) is 11.8 Å². The minimum absolute atomic E-state index is 0.0371. The number of hydrogen-bond donors (Lipinski definition) is 0. The van der Waals surface area contributed by atoms with Crippen LogP contribution in [0.3, 0.4) is 0 Å². The maximum atomic E-state index is 12.4. The van der Waals surface area contributed by atoms with Gasteiger partial charge in [-0.1, -0.05) is 129 Å². The lowest BCUT2D eigenvalue weighted by atomic mass is 9.98. The van der Waals surface area contributed by atoms with Crippen molar-refractivity contribution in [2.75, 3.05) is 39.5 Å². The molecule has 0 N–H and O–H groups in total. The first-order valence-electron chi connectivity index (χ1n) is 23.0. The zero-order valence-corrected chi connectivity index (χ0v) is 36.3. The Kier molecular flexibility index (Phi) is 34.7. The second kappa shape index (κ2) is 37.5. The van der Waals surface area contributed by atoms with E-state index in [1.165, 1.54) is 70.9 Å². The van der Waals surface area contributed by atoms with Gasteiger partial charge in [0.05, 0.1) is 25.9 Å². The number of hydrogen-bond acceptors (Lipinski definition) is 7. The van der Waals surface area contributed by atoms with Crippen molar-refractivity contribution in [1.82, 2.24) is 4.90 Å². The van der Waals surface area contributed by atoms with Crippen LogP contribution in [0.15, 0.2) is 29.8 Å². The van der Waals surface area contributed by atoms with Crippen LogP contribution in [0.2, 0.25) is 0 Å². The third-order valence-electron chi connectivity index (χ3n) is 11.0. The fraction of sp³-hybridized carbons (Fsp3) is 0.854. The topological polar surface area (TPSA) is 74.3 Å². The molecule has 0 aromatic rings. The maximum Gasteiger partial charge on any atom is 0.305 e. The Morgan fingerprint density at radius 2 is 1.20 bits per heavy atom. The Balaban J connectivity index is 2.29. The number of carbonyl (C=O) groups is 2. The van der Waals surface area contributed by atoms with Gasteiger partial charge in [0.25, 0.3) is 0 Å². The summed E-state index contributed by atoms with van der Waals surface area (Å²) in [6.07, 6.45) is 31.1. The number of rotatable bonds is 38. The second-order valence-electron chi connectivity index (χ2n) is 16.2. The van der Waals surface area contributed by atoms with Crippen molar-refractivity contribution < 1.29 is 28.5 Å². The van der Waals surface area contributed by atoms with E-state index in [-0.39, 0.29) is 24.3 Å². The van der Waals surface area contributed by atoms with Crippen molar-refractivity contribution >= 4 is 11.9 Å². The molecule has 0 amide bonds. The van der Waals surface area contributed by atoms with Gasteiger partial charge in [0.2, 0.25) is 0 Å². The third kappa shape index (κ3) is 32.7. The number of ether oxygens (including phenoxy) is 4. The van der Waals surface area contributed by atoms with E-state index in [1.807, 2.05) is 6.08 Å². The van der Waals surface area contributed by atoms with E-state index >= 15 is 0 Å². The van der Waals surface area contributed by atoms with Gasteiger partial charge >= 0.3 is 11.9 Å². The predicted octanol–water partition coefficient (Wildman–Crippen LogP) is 12.6. The van der Waals surface area contributed by atoms with Gasteiger partial charge in [0, 0.05) is 19.4 Å².